The molecule has 1 N–H and O–H groups in total. The summed E-state index contributed by atoms with van der Waals surface area (Å²) >= 11 is 5.96. The molecule has 0 radical (unpaired) electrons. The van der Waals surface area contributed by atoms with Gasteiger partial charge in [0.05, 0.1) is 31.9 Å². The maximum atomic E-state index is 12.4. The normalized spacial score (nSPS) is 9.79. The van der Waals surface area contributed by atoms with Crippen molar-refractivity contribution in [3.05, 3.63) is 46.5 Å². The molecule has 24 heavy (non-hydrogen) atoms. The number of rotatable bonds is 5. The fourth-order valence-electron chi connectivity index (χ4n) is 2.10. The minimum absolute atomic E-state index is 0.264. The molecular weight excluding hydrogens is 332 g/mol. The standard InChI is InChI=1S/C17H15ClN2O4/c1-22-14-6-11(7-15(23-2)16(14)24-3)17(21)20-12-5-4-10(9-19)13(18)8-12/h4-8H,1-3H3,(H,20,21). The molecule has 0 heterocycles. The van der Waals surface area contributed by atoms with Crippen LogP contribution in [0.15, 0.2) is 30.3 Å². The van der Waals surface area contributed by atoms with Crippen LogP contribution in [0, 0.1) is 11.3 Å². The number of nitrogens with one attached hydrogen (secondary N) is 1. The lowest BCUT2D eigenvalue weighted by Crippen LogP contribution is -2.12. The second-order valence-corrected chi connectivity index (χ2v) is 5.08. The summed E-state index contributed by atoms with van der Waals surface area (Å²) in [4.78, 5) is 12.4. The van der Waals surface area contributed by atoms with Crippen LogP contribution in [0.1, 0.15) is 15.9 Å². The Morgan fingerprint density at radius 1 is 1.08 bits per heavy atom. The predicted molar refractivity (Wildman–Crippen MR) is 90.2 cm³/mol. The molecule has 0 aliphatic rings. The van der Waals surface area contributed by atoms with Gasteiger partial charge in [-0.2, -0.15) is 5.26 Å². The molecule has 0 atom stereocenters. The summed E-state index contributed by atoms with van der Waals surface area (Å²) in [6, 6.07) is 9.69. The monoisotopic (exact) mass is 346 g/mol. The molecule has 2 rings (SSSR count). The molecule has 0 aliphatic heterocycles. The van der Waals surface area contributed by atoms with Gasteiger partial charge in [-0.3, -0.25) is 4.79 Å². The number of carbonyl (C=O) groups is 1. The second-order valence-electron chi connectivity index (χ2n) is 4.67. The van der Waals surface area contributed by atoms with E-state index in [9.17, 15) is 4.79 Å². The first-order chi connectivity index (χ1) is 11.5. The van der Waals surface area contributed by atoms with Gasteiger partial charge in [0, 0.05) is 11.3 Å². The first-order valence-electron chi connectivity index (χ1n) is 6.85. The largest absolute Gasteiger partial charge is 0.493 e. The van der Waals surface area contributed by atoms with E-state index in [-0.39, 0.29) is 10.9 Å². The highest BCUT2D eigenvalue weighted by Crippen LogP contribution is 2.38. The zero-order valence-electron chi connectivity index (χ0n) is 13.3. The molecule has 0 fully saturated rings. The van der Waals surface area contributed by atoms with Gasteiger partial charge in [-0.05, 0) is 30.3 Å². The number of benzene rings is 2. The highest BCUT2D eigenvalue weighted by atomic mass is 35.5. The van der Waals surface area contributed by atoms with E-state index in [0.29, 0.717) is 34.1 Å². The Morgan fingerprint density at radius 2 is 1.71 bits per heavy atom. The van der Waals surface area contributed by atoms with Crippen molar-refractivity contribution in [2.75, 3.05) is 26.6 Å². The summed E-state index contributed by atoms with van der Waals surface area (Å²) in [5.41, 5.74) is 1.13. The number of hydrogen-bond acceptors (Lipinski definition) is 5. The van der Waals surface area contributed by atoms with Gasteiger partial charge in [0.15, 0.2) is 11.5 Å². The van der Waals surface area contributed by atoms with E-state index in [0.717, 1.165) is 0 Å². The Hall–Kier alpha value is -2.91. The Kier molecular flexibility index (Phi) is 5.51. The number of ether oxygens (including phenoxy) is 3. The molecule has 0 aliphatic carbocycles. The molecule has 0 saturated heterocycles. The number of anilines is 1. The topological polar surface area (TPSA) is 80.6 Å². The predicted octanol–water partition coefficient (Wildman–Crippen LogP) is 3.49. The molecule has 0 bridgehead atoms. The summed E-state index contributed by atoms with van der Waals surface area (Å²) < 4.78 is 15.7. The van der Waals surface area contributed by atoms with E-state index < -0.39 is 0 Å². The molecule has 0 saturated carbocycles. The lowest BCUT2D eigenvalue weighted by molar-refractivity contribution is 0.102. The lowest BCUT2D eigenvalue weighted by Gasteiger charge is -2.14. The van der Waals surface area contributed by atoms with Crippen LogP contribution in [0.5, 0.6) is 17.2 Å². The maximum Gasteiger partial charge on any atom is 0.255 e. The van der Waals surface area contributed by atoms with Crippen LogP contribution in [0.25, 0.3) is 0 Å². The van der Waals surface area contributed by atoms with E-state index in [1.165, 1.54) is 33.5 Å². The van der Waals surface area contributed by atoms with E-state index in [1.54, 1.807) is 18.2 Å². The van der Waals surface area contributed by atoms with E-state index in [1.807, 2.05) is 6.07 Å². The zero-order chi connectivity index (χ0) is 17.7. The van der Waals surface area contributed by atoms with Crippen LogP contribution in [0.2, 0.25) is 5.02 Å². The average Bonchev–Trinajstić information content (AvgIpc) is 2.60. The van der Waals surface area contributed by atoms with E-state index >= 15 is 0 Å². The van der Waals surface area contributed by atoms with Gasteiger partial charge in [-0.15, -0.1) is 0 Å². The molecule has 1 amide bonds. The van der Waals surface area contributed by atoms with Crippen molar-refractivity contribution < 1.29 is 19.0 Å². The summed E-state index contributed by atoms with van der Waals surface area (Å²) in [5, 5.41) is 11.8. The molecule has 0 spiro atoms. The van der Waals surface area contributed by atoms with Crippen molar-refractivity contribution in [3.63, 3.8) is 0 Å². The van der Waals surface area contributed by atoms with Gasteiger partial charge >= 0.3 is 0 Å². The minimum atomic E-state index is -0.380. The number of nitrogens with zero attached hydrogens (tertiary/aromatic N) is 1. The van der Waals surface area contributed by atoms with Gasteiger partial charge in [-0.25, -0.2) is 0 Å². The third kappa shape index (κ3) is 3.53. The molecular formula is C17H15ClN2O4. The van der Waals surface area contributed by atoms with E-state index in [4.69, 9.17) is 31.1 Å². The average molecular weight is 347 g/mol. The Balaban J connectivity index is 2.33. The summed E-state index contributed by atoms with van der Waals surface area (Å²) in [7, 11) is 4.43. The van der Waals surface area contributed by atoms with Crippen molar-refractivity contribution in [3.8, 4) is 23.3 Å². The second kappa shape index (κ2) is 7.57. The van der Waals surface area contributed by atoms with Crippen molar-refractivity contribution >= 4 is 23.2 Å². The fraction of sp³-hybridized carbons (Fsp3) is 0.176. The van der Waals surface area contributed by atoms with Crippen molar-refractivity contribution in [2.45, 2.75) is 0 Å². The van der Waals surface area contributed by atoms with Crippen LogP contribution in [-0.2, 0) is 0 Å². The zero-order valence-corrected chi connectivity index (χ0v) is 14.1. The van der Waals surface area contributed by atoms with Crippen molar-refractivity contribution in [1.82, 2.24) is 0 Å². The highest BCUT2D eigenvalue weighted by Gasteiger charge is 2.17. The Labute approximate surface area is 144 Å². The quantitative estimate of drug-likeness (QED) is 0.896. The number of amides is 1. The third-order valence-electron chi connectivity index (χ3n) is 3.27. The lowest BCUT2D eigenvalue weighted by atomic mass is 10.1. The van der Waals surface area contributed by atoms with Gasteiger partial charge in [0.25, 0.3) is 5.91 Å². The number of nitriles is 1. The first-order valence-corrected chi connectivity index (χ1v) is 7.22. The summed E-state index contributed by atoms with van der Waals surface area (Å²) in [6.45, 7) is 0. The van der Waals surface area contributed by atoms with Crippen molar-refractivity contribution in [1.29, 1.82) is 5.26 Å². The molecule has 124 valence electrons. The summed E-state index contributed by atoms with van der Waals surface area (Å²) in [6.07, 6.45) is 0. The Morgan fingerprint density at radius 3 is 2.17 bits per heavy atom. The fourth-order valence-corrected chi connectivity index (χ4v) is 2.32. The van der Waals surface area contributed by atoms with Crippen LogP contribution in [0.4, 0.5) is 5.69 Å². The number of hydrogen-bond donors (Lipinski definition) is 1. The molecule has 0 unspecified atom stereocenters. The van der Waals surface area contributed by atoms with Crippen LogP contribution >= 0.6 is 11.6 Å². The third-order valence-corrected chi connectivity index (χ3v) is 3.59. The smallest absolute Gasteiger partial charge is 0.255 e. The molecule has 0 aromatic heterocycles. The number of halogens is 1. The number of carbonyl (C=O) groups excluding carboxylic acids is 1. The Bertz CT molecular complexity index is 790. The van der Waals surface area contributed by atoms with Gasteiger partial charge in [0.2, 0.25) is 5.75 Å². The molecule has 2 aromatic carbocycles. The van der Waals surface area contributed by atoms with Crippen LogP contribution < -0.4 is 19.5 Å². The number of methoxy groups -OCH3 is 3. The molecule has 6 nitrogen and oxygen atoms in total. The SMILES string of the molecule is COc1cc(C(=O)Nc2ccc(C#N)c(Cl)c2)cc(OC)c1OC. The first kappa shape index (κ1) is 17.4. The van der Waals surface area contributed by atoms with Crippen LogP contribution in [-0.4, -0.2) is 27.2 Å². The molecule has 2 aromatic rings. The van der Waals surface area contributed by atoms with Crippen molar-refractivity contribution in [2.24, 2.45) is 0 Å². The van der Waals surface area contributed by atoms with Gasteiger partial charge < -0.3 is 19.5 Å². The van der Waals surface area contributed by atoms with Gasteiger partial charge in [0.1, 0.15) is 6.07 Å². The molecule has 7 heteroatoms. The van der Waals surface area contributed by atoms with Crippen LogP contribution in [0.3, 0.4) is 0 Å². The summed E-state index contributed by atoms with van der Waals surface area (Å²) in [5.74, 6) is 0.771. The highest BCUT2D eigenvalue weighted by molar-refractivity contribution is 6.32. The minimum Gasteiger partial charge on any atom is -0.493 e. The van der Waals surface area contributed by atoms with Gasteiger partial charge in [-0.1, -0.05) is 11.6 Å². The van der Waals surface area contributed by atoms with E-state index in [2.05, 4.69) is 5.32 Å². The maximum absolute atomic E-state index is 12.4.